The summed E-state index contributed by atoms with van der Waals surface area (Å²) in [4.78, 5) is 28.3. The van der Waals surface area contributed by atoms with E-state index in [1.165, 1.54) is 11.1 Å². The van der Waals surface area contributed by atoms with Gasteiger partial charge in [-0.05, 0) is 26.0 Å². The Labute approximate surface area is 122 Å². The van der Waals surface area contributed by atoms with E-state index in [1.54, 1.807) is 26.0 Å². The first kappa shape index (κ1) is 16.5. The van der Waals surface area contributed by atoms with Crippen LogP contribution in [0.5, 0.6) is 0 Å². The van der Waals surface area contributed by atoms with Gasteiger partial charge in [0.25, 0.3) is 0 Å². The van der Waals surface area contributed by atoms with Gasteiger partial charge >= 0.3 is 12.2 Å². The fraction of sp³-hybridized carbons (Fsp3) is 0.462. The SMILES string of the molecule is CCOC(=O)OCCN(C(=O)OCC)c1ccc(N)cn1. The summed E-state index contributed by atoms with van der Waals surface area (Å²) in [5.74, 6) is 0.357. The molecule has 0 aliphatic rings. The highest BCUT2D eigenvalue weighted by Crippen LogP contribution is 2.13. The molecule has 1 heterocycles. The highest BCUT2D eigenvalue weighted by molar-refractivity contribution is 5.86. The number of carbonyl (C=O) groups is 2. The summed E-state index contributed by atoms with van der Waals surface area (Å²) in [6, 6.07) is 3.19. The number of carbonyl (C=O) groups excluding carboxylic acids is 2. The maximum Gasteiger partial charge on any atom is 0.508 e. The highest BCUT2D eigenvalue weighted by Gasteiger charge is 2.18. The van der Waals surface area contributed by atoms with E-state index in [9.17, 15) is 9.59 Å². The Balaban J connectivity index is 2.67. The van der Waals surface area contributed by atoms with Crippen LogP contribution in [0, 0.1) is 0 Å². The van der Waals surface area contributed by atoms with Gasteiger partial charge in [-0.1, -0.05) is 0 Å². The molecule has 1 aromatic heterocycles. The van der Waals surface area contributed by atoms with E-state index in [2.05, 4.69) is 9.72 Å². The van der Waals surface area contributed by atoms with Crippen LogP contribution in [0.25, 0.3) is 0 Å². The Morgan fingerprint density at radius 2 is 1.90 bits per heavy atom. The van der Waals surface area contributed by atoms with E-state index in [4.69, 9.17) is 15.2 Å². The first-order valence-electron chi connectivity index (χ1n) is 6.53. The number of nitrogen functional groups attached to an aromatic ring is 1. The molecule has 0 aliphatic carbocycles. The van der Waals surface area contributed by atoms with Gasteiger partial charge in [-0.15, -0.1) is 0 Å². The Morgan fingerprint density at radius 1 is 1.19 bits per heavy atom. The fourth-order valence-corrected chi connectivity index (χ4v) is 1.44. The van der Waals surface area contributed by atoms with Crippen molar-refractivity contribution in [3.63, 3.8) is 0 Å². The number of hydrogen-bond donors (Lipinski definition) is 1. The van der Waals surface area contributed by atoms with Gasteiger partial charge < -0.3 is 19.9 Å². The van der Waals surface area contributed by atoms with E-state index in [0.717, 1.165) is 0 Å². The number of anilines is 2. The van der Waals surface area contributed by atoms with Crippen LogP contribution in [-0.2, 0) is 14.2 Å². The maximum atomic E-state index is 11.9. The highest BCUT2D eigenvalue weighted by atomic mass is 16.7. The molecule has 0 atom stereocenters. The van der Waals surface area contributed by atoms with Crippen molar-refractivity contribution in [3.8, 4) is 0 Å². The number of hydrogen-bond acceptors (Lipinski definition) is 7. The Bertz CT molecular complexity index is 463. The van der Waals surface area contributed by atoms with Crippen LogP contribution in [0.1, 0.15) is 13.8 Å². The lowest BCUT2D eigenvalue weighted by Gasteiger charge is -2.20. The third-order valence-corrected chi connectivity index (χ3v) is 2.33. The lowest BCUT2D eigenvalue weighted by molar-refractivity contribution is 0.0604. The normalized spacial score (nSPS) is 9.81. The molecule has 116 valence electrons. The minimum atomic E-state index is -0.786. The average Bonchev–Trinajstić information content (AvgIpc) is 2.45. The summed E-state index contributed by atoms with van der Waals surface area (Å²) in [6.45, 7) is 3.87. The summed E-state index contributed by atoms with van der Waals surface area (Å²) < 4.78 is 14.4. The molecule has 1 rings (SSSR count). The zero-order chi connectivity index (χ0) is 15.7. The minimum Gasteiger partial charge on any atom is -0.449 e. The van der Waals surface area contributed by atoms with Crippen molar-refractivity contribution < 1.29 is 23.8 Å². The first-order chi connectivity index (χ1) is 10.1. The zero-order valence-corrected chi connectivity index (χ0v) is 12.1. The van der Waals surface area contributed by atoms with Gasteiger partial charge in [-0.2, -0.15) is 0 Å². The monoisotopic (exact) mass is 297 g/mol. The van der Waals surface area contributed by atoms with Crippen molar-refractivity contribution in [2.75, 3.05) is 37.0 Å². The lowest BCUT2D eigenvalue weighted by Crippen LogP contribution is -2.35. The van der Waals surface area contributed by atoms with Crippen LogP contribution in [0.4, 0.5) is 21.1 Å². The van der Waals surface area contributed by atoms with Crippen LogP contribution in [0.2, 0.25) is 0 Å². The number of pyridine rings is 1. The molecule has 0 aromatic carbocycles. The van der Waals surface area contributed by atoms with Crippen molar-refractivity contribution in [1.82, 2.24) is 4.98 Å². The second kappa shape index (κ2) is 8.62. The zero-order valence-electron chi connectivity index (χ0n) is 12.1. The molecule has 0 unspecified atom stereocenters. The molecule has 0 bridgehead atoms. The Morgan fingerprint density at radius 3 is 2.48 bits per heavy atom. The number of amides is 1. The van der Waals surface area contributed by atoms with Gasteiger partial charge in [0.05, 0.1) is 31.6 Å². The molecule has 21 heavy (non-hydrogen) atoms. The van der Waals surface area contributed by atoms with Gasteiger partial charge in [-0.3, -0.25) is 4.90 Å². The molecule has 8 heteroatoms. The number of ether oxygens (including phenoxy) is 3. The molecule has 0 aliphatic heterocycles. The van der Waals surface area contributed by atoms with Crippen molar-refractivity contribution in [2.45, 2.75) is 13.8 Å². The van der Waals surface area contributed by atoms with Crippen molar-refractivity contribution in [3.05, 3.63) is 18.3 Å². The molecular weight excluding hydrogens is 278 g/mol. The molecule has 0 spiro atoms. The van der Waals surface area contributed by atoms with Crippen LogP contribution in [0.15, 0.2) is 18.3 Å². The van der Waals surface area contributed by atoms with Gasteiger partial charge in [0, 0.05) is 0 Å². The fourth-order valence-electron chi connectivity index (χ4n) is 1.44. The van der Waals surface area contributed by atoms with Crippen LogP contribution in [-0.4, -0.2) is 43.6 Å². The third-order valence-electron chi connectivity index (χ3n) is 2.33. The molecule has 1 amide bonds. The van der Waals surface area contributed by atoms with E-state index >= 15 is 0 Å². The lowest BCUT2D eigenvalue weighted by atomic mass is 10.4. The second-order valence-corrected chi connectivity index (χ2v) is 3.83. The van der Waals surface area contributed by atoms with E-state index in [-0.39, 0.29) is 26.4 Å². The number of aromatic nitrogens is 1. The minimum absolute atomic E-state index is 0.0380. The molecule has 1 aromatic rings. The van der Waals surface area contributed by atoms with Crippen LogP contribution in [0.3, 0.4) is 0 Å². The summed E-state index contributed by atoms with van der Waals surface area (Å²) >= 11 is 0. The predicted molar refractivity (Wildman–Crippen MR) is 76.0 cm³/mol. The maximum absolute atomic E-state index is 11.9. The smallest absolute Gasteiger partial charge is 0.449 e. The second-order valence-electron chi connectivity index (χ2n) is 3.83. The van der Waals surface area contributed by atoms with Crippen molar-refractivity contribution in [2.24, 2.45) is 0 Å². The molecule has 0 saturated heterocycles. The van der Waals surface area contributed by atoms with Gasteiger partial charge in [0.2, 0.25) is 0 Å². The summed E-state index contributed by atoms with van der Waals surface area (Å²) in [7, 11) is 0. The summed E-state index contributed by atoms with van der Waals surface area (Å²) in [6.07, 6.45) is 0.0575. The van der Waals surface area contributed by atoms with Crippen LogP contribution < -0.4 is 10.6 Å². The molecule has 0 radical (unpaired) electrons. The largest absolute Gasteiger partial charge is 0.508 e. The summed E-state index contributed by atoms with van der Waals surface area (Å²) in [5.41, 5.74) is 6.03. The van der Waals surface area contributed by atoms with Crippen molar-refractivity contribution >= 4 is 23.8 Å². The van der Waals surface area contributed by atoms with E-state index in [0.29, 0.717) is 11.5 Å². The summed E-state index contributed by atoms with van der Waals surface area (Å²) in [5, 5.41) is 0. The molecule has 2 N–H and O–H groups in total. The molecule has 0 saturated carbocycles. The van der Waals surface area contributed by atoms with Crippen molar-refractivity contribution in [1.29, 1.82) is 0 Å². The molecule has 0 fully saturated rings. The third kappa shape index (κ3) is 5.55. The van der Waals surface area contributed by atoms with Gasteiger partial charge in [0.1, 0.15) is 12.4 Å². The number of rotatable bonds is 6. The van der Waals surface area contributed by atoms with E-state index < -0.39 is 12.2 Å². The Hall–Kier alpha value is -2.51. The van der Waals surface area contributed by atoms with Gasteiger partial charge in [-0.25, -0.2) is 14.6 Å². The van der Waals surface area contributed by atoms with Gasteiger partial charge in [0.15, 0.2) is 0 Å². The first-order valence-corrected chi connectivity index (χ1v) is 6.53. The quantitative estimate of drug-likeness (QED) is 0.798. The standard InChI is InChI=1S/C13H19N3O5/c1-3-19-12(17)16(7-8-21-13(18)20-4-2)11-6-5-10(14)9-15-11/h5-6,9H,3-4,7-8,14H2,1-2H3. The molecular formula is C13H19N3O5. The predicted octanol–water partition coefficient (Wildman–Crippen LogP) is 1.80. The molecule has 8 nitrogen and oxygen atoms in total. The number of nitrogens with two attached hydrogens (primary N) is 1. The number of nitrogens with zero attached hydrogens (tertiary/aromatic N) is 2. The topological polar surface area (TPSA) is 104 Å². The van der Waals surface area contributed by atoms with E-state index in [1.807, 2.05) is 0 Å². The van der Waals surface area contributed by atoms with Crippen LogP contribution >= 0.6 is 0 Å². The average molecular weight is 297 g/mol. The Kier molecular flexibility index (Phi) is 6.79.